The Morgan fingerprint density at radius 2 is 2.47 bits per heavy atom. The molecule has 2 heterocycles. The molecule has 0 amide bonds. The van der Waals surface area contributed by atoms with Gasteiger partial charge in [-0.3, -0.25) is 9.09 Å². The molecular weight excluding hydrogens is 212 g/mol. The van der Waals surface area contributed by atoms with E-state index in [0.29, 0.717) is 0 Å². The van der Waals surface area contributed by atoms with Gasteiger partial charge in [0.15, 0.2) is 5.82 Å². The molecule has 5 heteroatoms. The van der Waals surface area contributed by atoms with Gasteiger partial charge >= 0.3 is 5.76 Å². The van der Waals surface area contributed by atoms with Crippen LogP contribution in [0.3, 0.4) is 0 Å². The second-order valence-corrected chi connectivity index (χ2v) is 5.11. The molecule has 0 fully saturated rings. The fraction of sp³-hybridized carbons (Fsp3) is 0.800. The molecule has 2 rings (SSSR count). The van der Waals surface area contributed by atoms with Crippen LogP contribution in [0.15, 0.2) is 9.32 Å². The summed E-state index contributed by atoms with van der Waals surface area (Å²) in [5.74, 6) is 2.63. The van der Waals surface area contributed by atoms with Crippen molar-refractivity contribution in [1.29, 1.82) is 0 Å². The van der Waals surface area contributed by atoms with E-state index in [4.69, 9.17) is 4.52 Å². The minimum absolute atomic E-state index is 0.284. The summed E-state index contributed by atoms with van der Waals surface area (Å²) in [7, 11) is 0. The number of aromatic nitrogens is 2. The number of rotatable bonds is 3. The van der Waals surface area contributed by atoms with Gasteiger partial charge in [-0.1, -0.05) is 18.5 Å². The number of nitrogens with zero attached hydrogens (tertiary/aromatic N) is 2. The van der Waals surface area contributed by atoms with Gasteiger partial charge in [0.1, 0.15) is 0 Å². The van der Waals surface area contributed by atoms with E-state index < -0.39 is 0 Å². The molecule has 1 aromatic rings. The molecule has 0 saturated carbocycles. The molecule has 0 spiro atoms. The maximum Gasteiger partial charge on any atom is 0.441 e. The van der Waals surface area contributed by atoms with Gasteiger partial charge in [0.25, 0.3) is 0 Å². The van der Waals surface area contributed by atoms with Crippen LogP contribution < -0.4 is 5.76 Å². The number of aryl methyl sites for hydroxylation is 1. The van der Waals surface area contributed by atoms with E-state index in [1.807, 2.05) is 11.8 Å². The molecule has 1 aliphatic rings. The minimum Gasteiger partial charge on any atom is -0.296 e. The molecule has 1 atom stereocenters. The third-order valence-electron chi connectivity index (χ3n) is 2.77. The molecule has 0 N–H and O–H groups in total. The summed E-state index contributed by atoms with van der Waals surface area (Å²) in [4.78, 5) is 11.5. The first-order valence-corrected chi connectivity index (χ1v) is 6.63. The number of fused-ring (bicyclic) bond motifs is 1. The van der Waals surface area contributed by atoms with Crippen LogP contribution in [0.4, 0.5) is 0 Å². The first-order chi connectivity index (χ1) is 7.33. The smallest absolute Gasteiger partial charge is 0.296 e. The van der Waals surface area contributed by atoms with Gasteiger partial charge in [0.2, 0.25) is 0 Å². The predicted octanol–water partition coefficient (Wildman–Crippen LogP) is 1.86. The molecule has 0 bridgehead atoms. The van der Waals surface area contributed by atoms with Gasteiger partial charge in [-0.2, -0.15) is 11.8 Å². The van der Waals surface area contributed by atoms with E-state index in [1.165, 1.54) is 6.42 Å². The highest BCUT2D eigenvalue weighted by Crippen LogP contribution is 2.24. The highest BCUT2D eigenvalue weighted by Gasteiger charge is 2.22. The zero-order valence-electron chi connectivity index (χ0n) is 8.94. The van der Waals surface area contributed by atoms with Crippen LogP contribution in [0.5, 0.6) is 0 Å². The standard InChI is InChI=1S/C10H16N2O2S/c1-2-15-7-8-5-3-4-6-9-11-14-10(13)12(8)9/h8H,2-7H2,1H3. The van der Waals surface area contributed by atoms with Crippen LogP contribution in [0.1, 0.15) is 38.1 Å². The van der Waals surface area contributed by atoms with Crippen molar-refractivity contribution < 1.29 is 4.52 Å². The average molecular weight is 228 g/mol. The Kier molecular flexibility index (Phi) is 3.51. The van der Waals surface area contributed by atoms with E-state index in [-0.39, 0.29) is 11.8 Å². The third-order valence-corrected chi connectivity index (χ3v) is 3.80. The Hall–Kier alpha value is -0.710. The SMILES string of the molecule is CCSCC1CCCCc2noc(=O)n21. The summed E-state index contributed by atoms with van der Waals surface area (Å²) in [5, 5.41) is 3.84. The summed E-state index contributed by atoms with van der Waals surface area (Å²) in [6, 6.07) is 0.284. The largest absolute Gasteiger partial charge is 0.441 e. The van der Waals surface area contributed by atoms with E-state index in [2.05, 4.69) is 12.1 Å². The summed E-state index contributed by atoms with van der Waals surface area (Å²) in [6.07, 6.45) is 4.23. The van der Waals surface area contributed by atoms with Gasteiger partial charge in [-0.25, -0.2) is 4.79 Å². The fourth-order valence-electron chi connectivity index (χ4n) is 2.01. The van der Waals surface area contributed by atoms with Crippen LogP contribution >= 0.6 is 11.8 Å². The normalized spacial score (nSPS) is 21.0. The summed E-state index contributed by atoms with van der Waals surface area (Å²) >= 11 is 1.87. The van der Waals surface area contributed by atoms with E-state index in [1.54, 1.807) is 4.57 Å². The molecule has 0 aromatic carbocycles. The number of thioether (sulfide) groups is 1. The zero-order chi connectivity index (χ0) is 10.7. The van der Waals surface area contributed by atoms with Gasteiger partial charge < -0.3 is 0 Å². The van der Waals surface area contributed by atoms with Crippen LogP contribution in [0.2, 0.25) is 0 Å². The van der Waals surface area contributed by atoms with Crippen molar-refractivity contribution in [3.63, 3.8) is 0 Å². The molecule has 0 radical (unpaired) electrons. The molecule has 0 aliphatic carbocycles. The van der Waals surface area contributed by atoms with Gasteiger partial charge in [-0.05, 0) is 18.6 Å². The van der Waals surface area contributed by atoms with Crippen LogP contribution in [-0.4, -0.2) is 21.2 Å². The van der Waals surface area contributed by atoms with Gasteiger partial charge in [-0.15, -0.1) is 0 Å². The topological polar surface area (TPSA) is 48.0 Å². The van der Waals surface area contributed by atoms with Crippen molar-refractivity contribution in [2.75, 3.05) is 11.5 Å². The fourth-order valence-corrected chi connectivity index (χ4v) is 2.84. The molecule has 15 heavy (non-hydrogen) atoms. The molecule has 1 unspecified atom stereocenters. The molecule has 1 aliphatic heterocycles. The summed E-state index contributed by atoms with van der Waals surface area (Å²) < 4.78 is 6.49. The first kappa shape index (κ1) is 10.8. The van der Waals surface area contributed by atoms with Gasteiger partial charge in [0, 0.05) is 12.2 Å². The zero-order valence-corrected chi connectivity index (χ0v) is 9.76. The highest BCUT2D eigenvalue weighted by atomic mass is 32.2. The lowest BCUT2D eigenvalue weighted by Gasteiger charge is -2.14. The predicted molar refractivity (Wildman–Crippen MR) is 60.4 cm³/mol. The lowest BCUT2D eigenvalue weighted by Crippen LogP contribution is -2.23. The monoisotopic (exact) mass is 228 g/mol. The molecule has 1 aromatic heterocycles. The van der Waals surface area contributed by atoms with Crippen molar-refractivity contribution in [2.24, 2.45) is 0 Å². The van der Waals surface area contributed by atoms with Gasteiger partial charge in [0.05, 0.1) is 6.04 Å². The summed E-state index contributed by atoms with van der Waals surface area (Å²) in [5.41, 5.74) is 0. The van der Waals surface area contributed by atoms with Crippen LogP contribution in [0.25, 0.3) is 0 Å². The first-order valence-electron chi connectivity index (χ1n) is 5.47. The molecule has 4 nitrogen and oxygen atoms in total. The second-order valence-electron chi connectivity index (χ2n) is 3.79. The Balaban J connectivity index is 2.23. The molecular formula is C10H16N2O2S. The summed E-state index contributed by atoms with van der Waals surface area (Å²) in [6.45, 7) is 2.14. The van der Waals surface area contributed by atoms with Crippen molar-refractivity contribution in [1.82, 2.24) is 9.72 Å². The maximum atomic E-state index is 11.5. The Morgan fingerprint density at radius 1 is 1.60 bits per heavy atom. The van der Waals surface area contributed by atoms with E-state index in [9.17, 15) is 4.79 Å². The van der Waals surface area contributed by atoms with Crippen molar-refractivity contribution in [3.8, 4) is 0 Å². The highest BCUT2D eigenvalue weighted by molar-refractivity contribution is 7.99. The van der Waals surface area contributed by atoms with Crippen molar-refractivity contribution in [2.45, 2.75) is 38.6 Å². The Labute approximate surface area is 93.0 Å². The van der Waals surface area contributed by atoms with Crippen LogP contribution in [-0.2, 0) is 6.42 Å². The molecule has 0 saturated heterocycles. The Morgan fingerprint density at radius 3 is 3.27 bits per heavy atom. The lowest BCUT2D eigenvalue weighted by atomic mass is 10.1. The lowest BCUT2D eigenvalue weighted by molar-refractivity contribution is 0.359. The van der Waals surface area contributed by atoms with Crippen LogP contribution in [0, 0.1) is 0 Å². The van der Waals surface area contributed by atoms with E-state index >= 15 is 0 Å². The number of hydrogen-bond acceptors (Lipinski definition) is 4. The second kappa shape index (κ2) is 4.88. The van der Waals surface area contributed by atoms with Crippen molar-refractivity contribution >= 4 is 11.8 Å². The third kappa shape index (κ3) is 2.27. The van der Waals surface area contributed by atoms with Crippen molar-refractivity contribution in [3.05, 3.63) is 16.4 Å². The maximum absolute atomic E-state index is 11.5. The average Bonchev–Trinajstić information content (AvgIpc) is 2.50. The quantitative estimate of drug-likeness (QED) is 0.792. The minimum atomic E-state index is -0.284. The number of hydrogen-bond donors (Lipinski definition) is 0. The molecule has 84 valence electrons. The Bertz CT molecular complexity index is 372. The van der Waals surface area contributed by atoms with E-state index in [0.717, 1.165) is 36.6 Å².